The molecule has 0 radical (unpaired) electrons. The van der Waals surface area contributed by atoms with E-state index < -0.39 is 0 Å². The quantitative estimate of drug-likeness (QED) is 0.823. The molecule has 2 nitrogen and oxygen atoms in total. The Kier molecular flexibility index (Phi) is 2.56. The van der Waals surface area contributed by atoms with Crippen LogP contribution < -0.4 is 5.32 Å². The highest BCUT2D eigenvalue weighted by Gasteiger charge is 2.36. The van der Waals surface area contributed by atoms with E-state index in [1.165, 1.54) is 38.4 Å². The van der Waals surface area contributed by atoms with Crippen molar-refractivity contribution in [2.24, 2.45) is 0 Å². The van der Waals surface area contributed by atoms with Crippen LogP contribution in [0.25, 0.3) is 0 Å². The number of halogens is 1. The zero-order chi connectivity index (χ0) is 11.0. The fourth-order valence-electron chi connectivity index (χ4n) is 3.04. The van der Waals surface area contributed by atoms with E-state index in [-0.39, 0.29) is 5.82 Å². The largest absolute Gasteiger partial charge is 0.381 e. The zero-order valence-electron chi connectivity index (χ0n) is 9.32. The number of hydrogen-bond donors (Lipinski definition) is 1. The maximum Gasteiger partial charge on any atom is 0.125 e. The summed E-state index contributed by atoms with van der Waals surface area (Å²) in [5.41, 5.74) is 0.916. The molecule has 0 saturated carbocycles. The molecule has 1 aromatic carbocycles. The summed E-state index contributed by atoms with van der Waals surface area (Å²) in [5.74, 6) is -0.161. The molecule has 3 rings (SSSR count). The van der Waals surface area contributed by atoms with Crippen molar-refractivity contribution in [2.75, 3.05) is 18.4 Å². The van der Waals surface area contributed by atoms with Crippen LogP contribution in [0.1, 0.15) is 19.3 Å². The number of nitrogens with one attached hydrogen (secondary N) is 1. The molecule has 0 bridgehead atoms. The molecule has 3 heteroatoms. The molecular weight excluding hydrogens is 203 g/mol. The lowest BCUT2D eigenvalue weighted by Gasteiger charge is -2.22. The van der Waals surface area contributed by atoms with Gasteiger partial charge in [-0.1, -0.05) is 6.07 Å². The standard InChI is InChI=1S/C13H17FN2/c14-10-3-1-4-11(9-10)15-12-6-8-16-7-2-5-13(12)16/h1,3-4,9,12-13,15H,2,5-8H2. The monoisotopic (exact) mass is 220 g/mol. The first kappa shape index (κ1) is 10.1. The maximum absolute atomic E-state index is 13.1. The average Bonchev–Trinajstić information content (AvgIpc) is 2.83. The molecule has 2 aliphatic heterocycles. The van der Waals surface area contributed by atoms with E-state index in [0.29, 0.717) is 12.1 Å². The molecule has 2 unspecified atom stereocenters. The Labute approximate surface area is 95.4 Å². The minimum absolute atomic E-state index is 0.161. The Balaban J connectivity index is 1.71. The molecule has 2 aliphatic rings. The fraction of sp³-hybridized carbons (Fsp3) is 0.538. The SMILES string of the molecule is Fc1cccc(NC2CCN3CCCC23)c1. The maximum atomic E-state index is 13.1. The number of nitrogens with zero attached hydrogens (tertiary/aromatic N) is 1. The lowest BCUT2D eigenvalue weighted by atomic mass is 10.1. The van der Waals surface area contributed by atoms with E-state index in [0.717, 1.165) is 5.69 Å². The van der Waals surface area contributed by atoms with Crippen LogP contribution in [-0.4, -0.2) is 30.1 Å². The van der Waals surface area contributed by atoms with Crippen LogP contribution >= 0.6 is 0 Å². The highest BCUT2D eigenvalue weighted by Crippen LogP contribution is 2.30. The molecule has 0 aliphatic carbocycles. The van der Waals surface area contributed by atoms with Crippen molar-refractivity contribution in [3.63, 3.8) is 0 Å². The van der Waals surface area contributed by atoms with Crippen molar-refractivity contribution in [2.45, 2.75) is 31.3 Å². The van der Waals surface area contributed by atoms with Gasteiger partial charge in [-0.2, -0.15) is 0 Å². The third-order valence-corrected chi connectivity index (χ3v) is 3.78. The second-order valence-corrected chi connectivity index (χ2v) is 4.80. The predicted octanol–water partition coefficient (Wildman–Crippen LogP) is 2.47. The predicted molar refractivity (Wildman–Crippen MR) is 63.0 cm³/mol. The molecule has 16 heavy (non-hydrogen) atoms. The minimum atomic E-state index is -0.161. The van der Waals surface area contributed by atoms with Gasteiger partial charge in [0.1, 0.15) is 5.82 Å². The highest BCUT2D eigenvalue weighted by molar-refractivity contribution is 5.44. The lowest BCUT2D eigenvalue weighted by molar-refractivity contribution is 0.318. The molecule has 0 aromatic heterocycles. The molecule has 86 valence electrons. The van der Waals surface area contributed by atoms with Crippen LogP contribution in [-0.2, 0) is 0 Å². The van der Waals surface area contributed by atoms with Crippen LogP contribution in [0.15, 0.2) is 24.3 Å². The van der Waals surface area contributed by atoms with Gasteiger partial charge in [0.05, 0.1) is 0 Å². The van der Waals surface area contributed by atoms with Gasteiger partial charge in [0, 0.05) is 24.3 Å². The summed E-state index contributed by atoms with van der Waals surface area (Å²) in [6.45, 7) is 2.43. The summed E-state index contributed by atoms with van der Waals surface area (Å²) in [6, 6.07) is 7.95. The Bertz CT molecular complexity index is 380. The van der Waals surface area contributed by atoms with E-state index in [1.807, 2.05) is 6.07 Å². The van der Waals surface area contributed by atoms with Crippen LogP contribution in [0.2, 0.25) is 0 Å². The third kappa shape index (κ3) is 1.80. The van der Waals surface area contributed by atoms with Gasteiger partial charge in [-0.25, -0.2) is 4.39 Å². The highest BCUT2D eigenvalue weighted by atomic mass is 19.1. The molecule has 1 N–H and O–H groups in total. The Morgan fingerprint density at radius 1 is 1.25 bits per heavy atom. The molecule has 1 aromatic rings. The van der Waals surface area contributed by atoms with Gasteiger partial charge < -0.3 is 5.32 Å². The number of hydrogen-bond acceptors (Lipinski definition) is 2. The Morgan fingerprint density at radius 2 is 2.19 bits per heavy atom. The summed E-state index contributed by atoms with van der Waals surface area (Å²) in [6.07, 6.45) is 3.78. The molecule has 2 heterocycles. The van der Waals surface area contributed by atoms with E-state index >= 15 is 0 Å². The van der Waals surface area contributed by atoms with Crippen LogP contribution in [0.4, 0.5) is 10.1 Å². The molecule has 0 amide bonds. The van der Waals surface area contributed by atoms with Crippen LogP contribution in [0.3, 0.4) is 0 Å². The summed E-state index contributed by atoms with van der Waals surface area (Å²) < 4.78 is 13.1. The minimum Gasteiger partial charge on any atom is -0.381 e. The summed E-state index contributed by atoms with van der Waals surface area (Å²) >= 11 is 0. The van der Waals surface area contributed by atoms with E-state index in [1.54, 1.807) is 12.1 Å². The van der Waals surface area contributed by atoms with Crippen molar-refractivity contribution in [1.82, 2.24) is 4.90 Å². The second-order valence-electron chi connectivity index (χ2n) is 4.80. The fourth-order valence-corrected chi connectivity index (χ4v) is 3.04. The topological polar surface area (TPSA) is 15.3 Å². The summed E-state index contributed by atoms with van der Waals surface area (Å²) in [7, 11) is 0. The average molecular weight is 220 g/mol. The van der Waals surface area contributed by atoms with Gasteiger partial charge in [-0.05, 0) is 44.0 Å². The van der Waals surface area contributed by atoms with Crippen molar-refractivity contribution < 1.29 is 4.39 Å². The Morgan fingerprint density at radius 3 is 3.06 bits per heavy atom. The van der Waals surface area contributed by atoms with E-state index in [2.05, 4.69) is 10.2 Å². The number of anilines is 1. The first-order valence-electron chi connectivity index (χ1n) is 6.09. The molecule has 2 saturated heterocycles. The van der Waals surface area contributed by atoms with E-state index in [9.17, 15) is 4.39 Å². The van der Waals surface area contributed by atoms with Crippen molar-refractivity contribution in [1.29, 1.82) is 0 Å². The first-order valence-corrected chi connectivity index (χ1v) is 6.09. The van der Waals surface area contributed by atoms with Gasteiger partial charge in [0.15, 0.2) is 0 Å². The van der Waals surface area contributed by atoms with Crippen molar-refractivity contribution in [3.05, 3.63) is 30.1 Å². The molecular formula is C13H17FN2. The normalized spacial score (nSPS) is 29.3. The third-order valence-electron chi connectivity index (χ3n) is 3.78. The molecule has 2 atom stereocenters. The van der Waals surface area contributed by atoms with Crippen molar-refractivity contribution >= 4 is 5.69 Å². The summed E-state index contributed by atoms with van der Waals surface area (Å²) in [5, 5.41) is 3.47. The van der Waals surface area contributed by atoms with Crippen LogP contribution in [0, 0.1) is 5.82 Å². The molecule has 2 fully saturated rings. The van der Waals surface area contributed by atoms with E-state index in [4.69, 9.17) is 0 Å². The van der Waals surface area contributed by atoms with Gasteiger partial charge in [0.2, 0.25) is 0 Å². The lowest BCUT2D eigenvalue weighted by Crippen LogP contribution is -2.33. The van der Waals surface area contributed by atoms with Gasteiger partial charge >= 0.3 is 0 Å². The Hall–Kier alpha value is -1.09. The zero-order valence-corrected chi connectivity index (χ0v) is 9.32. The smallest absolute Gasteiger partial charge is 0.125 e. The number of fused-ring (bicyclic) bond motifs is 1. The van der Waals surface area contributed by atoms with Gasteiger partial charge in [0.25, 0.3) is 0 Å². The van der Waals surface area contributed by atoms with Crippen molar-refractivity contribution in [3.8, 4) is 0 Å². The van der Waals surface area contributed by atoms with Gasteiger partial charge in [-0.3, -0.25) is 4.90 Å². The second kappa shape index (κ2) is 4.06. The number of benzene rings is 1. The number of rotatable bonds is 2. The van der Waals surface area contributed by atoms with Crippen LogP contribution in [0.5, 0.6) is 0 Å². The first-order chi connectivity index (χ1) is 7.83. The molecule has 0 spiro atoms. The van der Waals surface area contributed by atoms with Gasteiger partial charge in [-0.15, -0.1) is 0 Å². The summed E-state index contributed by atoms with van der Waals surface area (Å²) in [4.78, 5) is 2.55.